The third kappa shape index (κ3) is 6.10. The van der Waals surface area contributed by atoms with E-state index in [9.17, 15) is 18.0 Å². The van der Waals surface area contributed by atoms with Crippen molar-refractivity contribution in [3.8, 4) is 5.75 Å². The van der Waals surface area contributed by atoms with E-state index in [1.807, 2.05) is 49.4 Å². The summed E-state index contributed by atoms with van der Waals surface area (Å²) >= 11 is 0. The molecule has 0 heterocycles. The number of benzene rings is 3. The normalized spacial score (nSPS) is 12.1. The maximum atomic E-state index is 13.7. The minimum absolute atomic E-state index is 0.141. The Balaban J connectivity index is 2.01. The van der Waals surface area contributed by atoms with E-state index in [1.54, 1.807) is 31.4 Å². The second-order valence-electron chi connectivity index (χ2n) is 8.18. The van der Waals surface area contributed by atoms with E-state index in [4.69, 9.17) is 4.74 Å². The van der Waals surface area contributed by atoms with Gasteiger partial charge in [-0.2, -0.15) is 0 Å². The smallest absolute Gasteiger partial charge is 0.244 e. The summed E-state index contributed by atoms with van der Waals surface area (Å²) in [6.07, 6.45) is 1.45. The van der Waals surface area contributed by atoms with Crippen molar-refractivity contribution in [2.75, 3.05) is 31.3 Å². The number of ether oxygens (including phenoxy) is 1. The molecule has 0 fully saturated rings. The zero-order valence-electron chi connectivity index (χ0n) is 20.4. The van der Waals surface area contributed by atoms with Crippen molar-refractivity contribution in [2.45, 2.75) is 25.9 Å². The molecule has 35 heavy (non-hydrogen) atoms. The summed E-state index contributed by atoms with van der Waals surface area (Å²) in [4.78, 5) is 27.8. The van der Waals surface area contributed by atoms with Gasteiger partial charge in [-0.3, -0.25) is 13.9 Å². The van der Waals surface area contributed by atoms with Crippen LogP contribution in [0.5, 0.6) is 5.75 Å². The number of nitrogens with one attached hydrogen (secondary N) is 1. The molecular formula is C26H31N3O5S. The van der Waals surface area contributed by atoms with Gasteiger partial charge in [-0.05, 0) is 35.6 Å². The fourth-order valence-corrected chi connectivity index (χ4v) is 4.90. The van der Waals surface area contributed by atoms with E-state index in [0.717, 1.165) is 21.5 Å². The second kappa shape index (κ2) is 11.2. The van der Waals surface area contributed by atoms with Crippen molar-refractivity contribution in [1.82, 2.24) is 10.2 Å². The number of amides is 2. The van der Waals surface area contributed by atoms with E-state index in [1.165, 1.54) is 11.9 Å². The van der Waals surface area contributed by atoms with Crippen LogP contribution in [0.4, 0.5) is 5.69 Å². The van der Waals surface area contributed by atoms with Crippen molar-refractivity contribution in [1.29, 1.82) is 0 Å². The predicted octanol–water partition coefficient (Wildman–Crippen LogP) is 3.17. The molecule has 0 aliphatic heterocycles. The topological polar surface area (TPSA) is 96.0 Å². The van der Waals surface area contributed by atoms with Crippen LogP contribution in [-0.4, -0.2) is 58.1 Å². The van der Waals surface area contributed by atoms with Gasteiger partial charge in [-0.1, -0.05) is 55.5 Å². The minimum Gasteiger partial charge on any atom is -0.497 e. The van der Waals surface area contributed by atoms with Crippen LogP contribution in [0.25, 0.3) is 10.8 Å². The second-order valence-corrected chi connectivity index (χ2v) is 10.1. The Kier molecular flexibility index (Phi) is 8.34. The van der Waals surface area contributed by atoms with Gasteiger partial charge in [0, 0.05) is 19.0 Å². The summed E-state index contributed by atoms with van der Waals surface area (Å²) in [6.45, 7) is 1.52. The van der Waals surface area contributed by atoms with E-state index < -0.39 is 28.5 Å². The van der Waals surface area contributed by atoms with Crippen LogP contribution >= 0.6 is 0 Å². The largest absolute Gasteiger partial charge is 0.497 e. The molecule has 0 radical (unpaired) electrons. The fraction of sp³-hybridized carbons (Fsp3) is 0.308. The number of hydrogen-bond donors (Lipinski definition) is 1. The first-order chi connectivity index (χ1) is 16.7. The number of hydrogen-bond acceptors (Lipinski definition) is 5. The number of carbonyl (C=O) groups is 2. The number of anilines is 1. The Morgan fingerprint density at radius 2 is 1.66 bits per heavy atom. The van der Waals surface area contributed by atoms with Crippen molar-refractivity contribution in [3.05, 3.63) is 72.3 Å². The Morgan fingerprint density at radius 3 is 2.26 bits per heavy atom. The summed E-state index contributed by atoms with van der Waals surface area (Å²) in [6, 6.07) is 19.1. The lowest BCUT2D eigenvalue weighted by Crippen LogP contribution is -2.51. The van der Waals surface area contributed by atoms with Crippen molar-refractivity contribution in [3.63, 3.8) is 0 Å². The molecule has 9 heteroatoms. The SMILES string of the molecule is CC[C@@H](C(=O)NC)N(Cc1ccc(OC)cc1)C(=O)CN(c1cccc2ccccc12)S(C)(=O)=O. The van der Waals surface area contributed by atoms with Crippen LogP contribution in [0.15, 0.2) is 66.7 Å². The van der Waals surface area contributed by atoms with Gasteiger partial charge < -0.3 is 15.0 Å². The average molecular weight is 498 g/mol. The molecule has 2 amide bonds. The maximum Gasteiger partial charge on any atom is 0.244 e. The van der Waals surface area contributed by atoms with E-state index in [-0.39, 0.29) is 12.5 Å². The van der Waals surface area contributed by atoms with Crippen LogP contribution in [0.2, 0.25) is 0 Å². The lowest BCUT2D eigenvalue weighted by molar-refractivity contribution is -0.140. The van der Waals surface area contributed by atoms with Crippen molar-refractivity contribution in [2.24, 2.45) is 0 Å². The van der Waals surface area contributed by atoms with Gasteiger partial charge in [0.25, 0.3) is 0 Å². The van der Waals surface area contributed by atoms with Gasteiger partial charge in [0.15, 0.2) is 0 Å². The fourth-order valence-electron chi connectivity index (χ4n) is 4.03. The number of rotatable bonds is 10. The quantitative estimate of drug-likeness (QED) is 0.464. The summed E-state index contributed by atoms with van der Waals surface area (Å²) < 4.78 is 32.0. The highest BCUT2D eigenvalue weighted by molar-refractivity contribution is 7.92. The molecular weight excluding hydrogens is 466 g/mol. The molecule has 1 atom stereocenters. The van der Waals surface area contributed by atoms with E-state index in [2.05, 4.69) is 5.32 Å². The zero-order chi connectivity index (χ0) is 25.6. The monoisotopic (exact) mass is 497 g/mol. The highest BCUT2D eigenvalue weighted by atomic mass is 32.2. The van der Waals surface area contributed by atoms with Crippen LogP contribution in [0, 0.1) is 0 Å². The third-order valence-electron chi connectivity index (χ3n) is 5.86. The minimum atomic E-state index is -3.81. The first-order valence-corrected chi connectivity index (χ1v) is 13.1. The summed E-state index contributed by atoms with van der Waals surface area (Å²) in [5, 5.41) is 4.19. The molecule has 8 nitrogen and oxygen atoms in total. The first kappa shape index (κ1) is 26.0. The summed E-state index contributed by atoms with van der Waals surface area (Å²) in [5.74, 6) is -0.121. The highest BCUT2D eigenvalue weighted by Crippen LogP contribution is 2.29. The molecule has 3 aromatic rings. The highest BCUT2D eigenvalue weighted by Gasteiger charge is 2.31. The van der Waals surface area contributed by atoms with Gasteiger partial charge in [0.2, 0.25) is 21.8 Å². The summed E-state index contributed by atoms with van der Waals surface area (Å²) in [5.41, 5.74) is 1.20. The lowest BCUT2D eigenvalue weighted by atomic mass is 10.1. The van der Waals surface area contributed by atoms with Crippen LogP contribution in [0.1, 0.15) is 18.9 Å². The Morgan fingerprint density at radius 1 is 1.00 bits per heavy atom. The molecule has 0 aliphatic carbocycles. The Bertz CT molecular complexity index is 1290. The Hall–Kier alpha value is -3.59. The number of methoxy groups -OCH3 is 1. The Labute approximate surface area is 206 Å². The number of sulfonamides is 1. The third-order valence-corrected chi connectivity index (χ3v) is 6.99. The number of nitrogens with zero attached hydrogens (tertiary/aromatic N) is 2. The van der Waals surface area contributed by atoms with Gasteiger partial charge >= 0.3 is 0 Å². The number of carbonyl (C=O) groups excluding carboxylic acids is 2. The molecule has 0 bridgehead atoms. The molecule has 3 aromatic carbocycles. The van der Waals surface area contributed by atoms with Crippen molar-refractivity contribution >= 4 is 38.3 Å². The maximum absolute atomic E-state index is 13.7. The van der Waals surface area contributed by atoms with Gasteiger partial charge in [0.05, 0.1) is 19.1 Å². The van der Waals surface area contributed by atoms with Crippen LogP contribution in [-0.2, 0) is 26.2 Å². The van der Waals surface area contributed by atoms with E-state index >= 15 is 0 Å². The first-order valence-electron chi connectivity index (χ1n) is 11.3. The van der Waals surface area contributed by atoms with Gasteiger partial charge in [-0.15, -0.1) is 0 Å². The molecule has 186 valence electrons. The van der Waals surface area contributed by atoms with Crippen LogP contribution < -0.4 is 14.4 Å². The number of fused-ring (bicyclic) bond motifs is 1. The van der Waals surface area contributed by atoms with Crippen molar-refractivity contribution < 1.29 is 22.7 Å². The standard InChI is InChI=1S/C26H31N3O5S/c1-5-23(26(31)27-2)28(17-19-13-15-21(34-3)16-14-19)25(30)18-29(35(4,32)33)24-12-8-10-20-9-6-7-11-22(20)24/h6-16,23H,5,17-18H2,1-4H3,(H,27,31)/t23-/m0/s1. The molecule has 0 unspecified atom stereocenters. The van der Waals surface area contributed by atoms with Gasteiger partial charge in [-0.25, -0.2) is 8.42 Å². The molecule has 1 N–H and O–H groups in total. The molecule has 0 aromatic heterocycles. The molecule has 0 spiro atoms. The molecule has 0 saturated carbocycles. The van der Waals surface area contributed by atoms with Gasteiger partial charge in [0.1, 0.15) is 18.3 Å². The lowest BCUT2D eigenvalue weighted by Gasteiger charge is -2.32. The molecule has 0 aliphatic rings. The van der Waals surface area contributed by atoms with E-state index in [0.29, 0.717) is 23.2 Å². The zero-order valence-corrected chi connectivity index (χ0v) is 21.2. The summed E-state index contributed by atoms with van der Waals surface area (Å²) in [7, 11) is -0.729. The number of likely N-dealkylation sites (N-methyl/N-ethyl adjacent to an activating group) is 1. The van der Waals surface area contributed by atoms with Crippen LogP contribution in [0.3, 0.4) is 0 Å². The average Bonchev–Trinajstić information content (AvgIpc) is 2.86. The molecule has 3 rings (SSSR count). The molecule has 0 saturated heterocycles. The predicted molar refractivity (Wildman–Crippen MR) is 138 cm³/mol.